The van der Waals surface area contributed by atoms with Crippen molar-refractivity contribution in [2.45, 2.75) is 5.92 Å². The third kappa shape index (κ3) is 4.18. The third-order valence-electron chi connectivity index (χ3n) is 4.45. The summed E-state index contributed by atoms with van der Waals surface area (Å²) < 4.78 is 37.2. The minimum absolute atomic E-state index is 0.209. The van der Waals surface area contributed by atoms with E-state index in [2.05, 4.69) is 10.3 Å². The molecule has 150 valence electrons. The maximum absolute atomic E-state index is 13.0. The molecule has 0 aliphatic carbocycles. The second-order valence-corrected chi connectivity index (χ2v) is 7.37. The number of likely N-dealkylation sites (tertiary alicyclic amines) is 1. The lowest BCUT2D eigenvalue weighted by molar-refractivity contribution is -0.0999. The summed E-state index contributed by atoms with van der Waals surface area (Å²) in [5.74, 6) is -0.848. The molecule has 1 fully saturated rings. The molecule has 0 saturated carbocycles. The average molecular weight is 436 g/mol. The van der Waals surface area contributed by atoms with E-state index in [1.54, 1.807) is 37.6 Å². The first-order valence-electron chi connectivity index (χ1n) is 8.68. The maximum Gasteiger partial charge on any atom is 0.282 e. The third-order valence-corrected chi connectivity index (χ3v) is 5.12. The number of methoxy groups -OCH3 is 1. The Morgan fingerprint density at radius 3 is 2.62 bits per heavy atom. The summed E-state index contributed by atoms with van der Waals surface area (Å²) in [6, 6.07) is 12.3. The largest absolute Gasteiger partial charge is 0.497 e. The van der Waals surface area contributed by atoms with E-state index in [4.69, 9.17) is 33.3 Å². The molecule has 0 unspecified atom stereocenters. The predicted octanol–water partition coefficient (Wildman–Crippen LogP) is 5.34. The first-order chi connectivity index (χ1) is 13.8. The summed E-state index contributed by atoms with van der Waals surface area (Å²) in [6.45, 7) is -0.783. The molecule has 0 amide bonds. The molecule has 2 aromatic carbocycles. The summed E-state index contributed by atoms with van der Waals surface area (Å²) in [6.07, 6.45) is 1.65. The number of ether oxygens (including phenoxy) is 2. The topological polar surface area (TPSA) is 46.6 Å². The van der Waals surface area contributed by atoms with Crippen LogP contribution in [0, 0.1) is 0 Å². The van der Waals surface area contributed by atoms with Crippen LogP contribution in [-0.4, -0.2) is 41.1 Å². The van der Waals surface area contributed by atoms with Crippen molar-refractivity contribution >= 4 is 45.5 Å². The van der Waals surface area contributed by atoms with Crippen LogP contribution in [0.3, 0.4) is 0 Å². The smallest absolute Gasteiger partial charge is 0.282 e. The van der Waals surface area contributed by atoms with Crippen molar-refractivity contribution in [2.75, 3.05) is 25.5 Å². The van der Waals surface area contributed by atoms with Gasteiger partial charge in [-0.05, 0) is 42.5 Å². The quantitative estimate of drug-likeness (QED) is 0.558. The Morgan fingerprint density at radius 1 is 1.17 bits per heavy atom. The van der Waals surface area contributed by atoms with Gasteiger partial charge in [0.15, 0.2) is 5.11 Å². The monoisotopic (exact) mass is 435 g/mol. The van der Waals surface area contributed by atoms with Crippen molar-refractivity contribution in [2.24, 2.45) is 0 Å². The minimum atomic E-state index is -2.69. The fourth-order valence-electron chi connectivity index (χ4n) is 2.96. The molecule has 1 aromatic heterocycles. The van der Waals surface area contributed by atoms with E-state index < -0.39 is 19.0 Å². The number of pyridine rings is 1. The first kappa shape index (κ1) is 19.6. The second-order valence-electron chi connectivity index (χ2n) is 6.58. The summed E-state index contributed by atoms with van der Waals surface area (Å²) in [4.78, 5) is 5.71. The average Bonchev–Trinajstić information content (AvgIpc) is 2.67. The number of nitrogens with zero attached hydrogens (tertiary/aromatic N) is 2. The molecule has 9 heteroatoms. The number of hydrogen-bond donors (Lipinski definition) is 1. The zero-order valence-electron chi connectivity index (χ0n) is 15.3. The Balaban J connectivity index is 1.50. The van der Waals surface area contributed by atoms with Crippen LogP contribution in [-0.2, 0) is 0 Å². The van der Waals surface area contributed by atoms with Gasteiger partial charge >= 0.3 is 0 Å². The van der Waals surface area contributed by atoms with Gasteiger partial charge in [-0.1, -0.05) is 11.6 Å². The Hall–Kier alpha value is -2.71. The number of alkyl halides is 2. The molecule has 1 aliphatic rings. The molecule has 0 radical (unpaired) electrons. The molecule has 0 atom stereocenters. The van der Waals surface area contributed by atoms with Crippen molar-refractivity contribution in [3.05, 3.63) is 53.7 Å². The van der Waals surface area contributed by atoms with Crippen molar-refractivity contribution in [3.8, 4) is 17.2 Å². The van der Waals surface area contributed by atoms with Crippen molar-refractivity contribution in [1.82, 2.24) is 9.88 Å². The SMILES string of the molecule is COc1ccc2c(Oc3ccc(NC(=S)N4CC(F)(F)C4)c(Cl)c3)ccnc2c1. The van der Waals surface area contributed by atoms with Crippen LogP contribution in [0.25, 0.3) is 10.9 Å². The van der Waals surface area contributed by atoms with Crippen LogP contribution < -0.4 is 14.8 Å². The molecule has 4 rings (SSSR count). The number of anilines is 1. The van der Waals surface area contributed by atoms with E-state index >= 15 is 0 Å². The van der Waals surface area contributed by atoms with Gasteiger partial charge in [-0.3, -0.25) is 4.98 Å². The number of nitrogens with one attached hydrogen (secondary N) is 1. The molecule has 1 saturated heterocycles. The van der Waals surface area contributed by atoms with Gasteiger partial charge in [0.05, 0.1) is 36.4 Å². The molecule has 1 aliphatic heterocycles. The molecule has 1 N–H and O–H groups in total. The molecule has 0 bridgehead atoms. The van der Waals surface area contributed by atoms with Gasteiger partial charge in [0, 0.05) is 23.7 Å². The molecule has 5 nitrogen and oxygen atoms in total. The van der Waals surface area contributed by atoms with Crippen LogP contribution in [0.2, 0.25) is 5.02 Å². The number of halogens is 3. The van der Waals surface area contributed by atoms with Crippen LogP contribution in [0.15, 0.2) is 48.7 Å². The number of thiocarbonyl (C=S) groups is 1. The lowest BCUT2D eigenvalue weighted by Crippen LogP contribution is -2.59. The summed E-state index contributed by atoms with van der Waals surface area (Å²) in [7, 11) is 1.60. The zero-order valence-corrected chi connectivity index (χ0v) is 16.9. The van der Waals surface area contributed by atoms with Gasteiger partial charge in [0.1, 0.15) is 17.2 Å². The lowest BCUT2D eigenvalue weighted by Gasteiger charge is -2.40. The van der Waals surface area contributed by atoms with E-state index in [9.17, 15) is 8.78 Å². The predicted molar refractivity (Wildman–Crippen MR) is 113 cm³/mol. The minimum Gasteiger partial charge on any atom is -0.497 e. The van der Waals surface area contributed by atoms with E-state index in [0.29, 0.717) is 28.0 Å². The fraction of sp³-hybridized carbons (Fsp3) is 0.200. The molecule has 2 heterocycles. The normalized spacial score (nSPS) is 15.0. The van der Waals surface area contributed by atoms with Crippen LogP contribution in [0.4, 0.5) is 14.5 Å². The van der Waals surface area contributed by atoms with E-state index in [1.165, 1.54) is 4.90 Å². The Labute approximate surface area is 176 Å². The van der Waals surface area contributed by atoms with Crippen molar-refractivity contribution < 1.29 is 18.3 Å². The van der Waals surface area contributed by atoms with Crippen LogP contribution >= 0.6 is 23.8 Å². The molecular weight excluding hydrogens is 420 g/mol. The van der Waals surface area contributed by atoms with Crippen molar-refractivity contribution in [1.29, 1.82) is 0 Å². The number of fused-ring (bicyclic) bond motifs is 1. The highest BCUT2D eigenvalue weighted by atomic mass is 35.5. The van der Waals surface area contributed by atoms with Gasteiger partial charge in [0.25, 0.3) is 5.92 Å². The molecule has 3 aromatic rings. The summed E-state index contributed by atoms with van der Waals surface area (Å²) in [5.41, 5.74) is 1.26. The molecular formula is C20H16ClF2N3O2S. The van der Waals surface area contributed by atoms with E-state index in [0.717, 1.165) is 10.9 Å². The Morgan fingerprint density at radius 2 is 1.93 bits per heavy atom. The fourth-order valence-corrected chi connectivity index (χ4v) is 3.41. The highest BCUT2D eigenvalue weighted by molar-refractivity contribution is 7.80. The molecule has 29 heavy (non-hydrogen) atoms. The van der Waals surface area contributed by atoms with E-state index in [1.807, 2.05) is 18.2 Å². The first-order valence-corrected chi connectivity index (χ1v) is 9.47. The number of hydrogen-bond acceptors (Lipinski definition) is 4. The van der Waals surface area contributed by atoms with Crippen molar-refractivity contribution in [3.63, 3.8) is 0 Å². The summed E-state index contributed by atoms with van der Waals surface area (Å²) >= 11 is 11.5. The zero-order chi connectivity index (χ0) is 20.6. The molecule has 0 spiro atoms. The number of aromatic nitrogens is 1. The van der Waals surface area contributed by atoms with Gasteiger partial charge in [-0.15, -0.1) is 0 Å². The highest BCUT2D eigenvalue weighted by Gasteiger charge is 2.45. The number of benzene rings is 2. The standard InChI is InChI=1S/C20H16ClF2N3O2S/c1-27-12-2-4-14-17(9-12)24-7-6-18(14)28-13-3-5-16(15(21)8-13)25-19(29)26-10-20(22,23)11-26/h2-9H,10-11H2,1H3,(H,25,29). The van der Waals surface area contributed by atoms with Gasteiger partial charge < -0.3 is 19.7 Å². The van der Waals surface area contributed by atoms with E-state index in [-0.39, 0.29) is 5.11 Å². The van der Waals surface area contributed by atoms with Crippen LogP contribution in [0.5, 0.6) is 17.2 Å². The number of rotatable bonds is 4. The van der Waals surface area contributed by atoms with Gasteiger partial charge in [0.2, 0.25) is 0 Å². The maximum atomic E-state index is 13.0. The Bertz CT molecular complexity index is 1090. The Kier molecular flexibility index (Phi) is 5.14. The summed E-state index contributed by atoms with van der Waals surface area (Å²) in [5, 5.41) is 4.29. The van der Waals surface area contributed by atoms with Gasteiger partial charge in [-0.25, -0.2) is 8.78 Å². The van der Waals surface area contributed by atoms with Crippen LogP contribution in [0.1, 0.15) is 0 Å². The second kappa shape index (κ2) is 7.61. The highest BCUT2D eigenvalue weighted by Crippen LogP contribution is 2.34. The lowest BCUT2D eigenvalue weighted by atomic mass is 10.2. The van der Waals surface area contributed by atoms with Gasteiger partial charge in [-0.2, -0.15) is 0 Å².